The normalized spacial score (nSPS) is 29.1. The highest BCUT2D eigenvalue weighted by Crippen LogP contribution is 2.23. The van der Waals surface area contributed by atoms with E-state index in [1.807, 2.05) is 0 Å². The van der Waals surface area contributed by atoms with Gasteiger partial charge in [-0.25, -0.2) is 0 Å². The molecule has 0 bridgehead atoms. The van der Waals surface area contributed by atoms with Crippen molar-refractivity contribution in [3.05, 3.63) is 11.8 Å². The van der Waals surface area contributed by atoms with Crippen LogP contribution < -0.4 is 0 Å². The lowest BCUT2D eigenvalue weighted by Crippen LogP contribution is -2.26. The van der Waals surface area contributed by atoms with Crippen molar-refractivity contribution in [1.82, 2.24) is 0 Å². The third-order valence-electron chi connectivity index (χ3n) is 3.15. The maximum Gasteiger partial charge on any atom is 0.0876 e. The first-order valence-electron chi connectivity index (χ1n) is 5.96. The van der Waals surface area contributed by atoms with Gasteiger partial charge in [0.1, 0.15) is 0 Å². The molecule has 0 radical (unpaired) electrons. The van der Waals surface area contributed by atoms with Gasteiger partial charge in [-0.05, 0) is 37.7 Å². The predicted molar refractivity (Wildman–Crippen MR) is 57.5 cm³/mol. The van der Waals surface area contributed by atoms with Crippen LogP contribution in [0.3, 0.4) is 0 Å². The Hall–Kier alpha value is -0.540. The molecule has 2 aliphatic heterocycles. The lowest BCUT2D eigenvalue weighted by Gasteiger charge is -2.26. The van der Waals surface area contributed by atoms with E-state index in [-0.39, 0.29) is 12.2 Å². The Morgan fingerprint density at radius 3 is 2.93 bits per heavy atom. The van der Waals surface area contributed by atoms with Crippen LogP contribution in [0.2, 0.25) is 0 Å². The molecule has 2 unspecified atom stereocenters. The van der Waals surface area contributed by atoms with E-state index < -0.39 is 0 Å². The second-order valence-electron chi connectivity index (χ2n) is 4.41. The van der Waals surface area contributed by atoms with Gasteiger partial charge < -0.3 is 14.6 Å². The van der Waals surface area contributed by atoms with E-state index in [1.54, 1.807) is 6.26 Å². The fourth-order valence-electron chi connectivity index (χ4n) is 2.22. The average molecular weight is 212 g/mol. The van der Waals surface area contributed by atoms with E-state index in [2.05, 4.69) is 0 Å². The summed E-state index contributed by atoms with van der Waals surface area (Å²) in [7, 11) is 0. The summed E-state index contributed by atoms with van der Waals surface area (Å²) in [5.41, 5.74) is 1.04. The van der Waals surface area contributed by atoms with Gasteiger partial charge in [0.15, 0.2) is 0 Å². The standard InChI is InChI=1S/C12H20O3/c13-12(10-4-3-6-14-9-10)8-11-5-1-2-7-15-11/h9,11-13H,1-8H2. The molecule has 2 atom stereocenters. The van der Waals surface area contributed by atoms with Gasteiger partial charge in [0.05, 0.1) is 25.1 Å². The zero-order valence-electron chi connectivity index (χ0n) is 9.15. The molecular weight excluding hydrogens is 192 g/mol. The van der Waals surface area contributed by atoms with Crippen LogP contribution in [0.1, 0.15) is 38.5 Å². The molecule has 0 aromatic heterocycles. The van der Waals surface area contributed by atoms with Crippen LogP contribution in [-0.2, 0) is 9.47 Å². The van der Waals surface area contributed by atoms with E-state index in [9.17, 15) is 5.11 Å². The first-order valence-corrected chi connectivity index (χ1v) is 5.96. The van der Waals surface area contributed by atoms with Crippen LogP contribution in [0.5, 0.6) is 0 Å². The highest BCUT2D eigenvalue weighted by atomic mass is 16.5. The van der Waals surface area contributed by atoms with E-state index in [4.69, 9.17) is 9.47 Å². The zero-order chi connectivity index (χ0) is 10.5. The summed E-state index contributed by atoms with van der Waals surface area (Å²) in [5.74, 6) is 0. The summed E-state index contributed by atoms with van der Waals surface area (Å²) in [6.07, 6.45) is 7.82. The Kier molecular flexibility index (Phi) is 4.03. The Morgan fingerprint density at radius 1 is 1.33 bits per heavy atom. The molecule has 15 heavy (non-hydrogen) atoms. The second-order valence-corrected chi connectivity index (χ2v) is 4.41. The quantitative estimate of drug-likeness (QED) is 0.777. The van der Waals surface area contributed by atoms with E-state index in [0.717, 1.165) is 44.5 Å². The van der Waals surface area contributed by atoms with Crippen molar-refractivity contribution in [1.29, 1.82) is 0 Å². The molecule has 1 saturated heterocycles. The molecule has 86 valence electrons. The Morgan fingerprint density at radius 2 is 2.27 bits per heavy atom. The van der Waals surface area contributed by atoms with E-state index >= 15 is 0 Å². The maximum absolute atomic E-state index is 10.00. The van der Waals surface area contributed by atoms with Gasteiger partial charge in [-0.3, -0.25) is 0 Å². The van der Waals surface area contributed by atoms with Crippen molar-refractivity contribution in [2.24, 2.45) is 0 Å². The van der Waals surface area contributed by atoms with Crippen molar-refractivity contribution in [2.45, 2.75) is 50.7 Å². The minimum Gasteiger partial charge on any atom is -0.501 e. The monoisotopic (exact) mass is 212 g/mol. The molecule has 0 amide bonds. The molecule has 2 aliphatic rings. The van der Waals surface area contributed by atoms with Gasteiger partial charge in [0.2, 0.25) is 0 Å². The highest BCUT2D eigenvalue weighted by molar-refractivity contribution is 5.07. The molecule has 0 aromatic carbocycles. The molecule has 0 saturated carbocycles. The minimum atomic E-state index is -0.367. The summed E-state index contributed by atoms with van der Waals surface area (Å²) < 4.78 is 10.8. The molecule has 3 nitrogen and oxygen atoms in total. The molecule has 0 aliphatic carbocycles. The highest BCUT2D eigenvalue weighted by Gasteiger charge is 2.21. The molecule has 1 fully saturated rings. The van der Waals surface area contributed by atoms with Crippen LogP contribution in [0.15, 0.2) is 11.8 Å². The van der Waals surface area contributed by atoms with Crippen LogP contribution in [0.4, 0.5) is 0 Å². The zero-order valence-corrected chi connectivity index (χ0v) is 9.15. The average Bonchev–Trinajstić information content (AvgIpc) is 2.31. The molecular formula is C12H20O3. The number of hydrogen-bond donors (Lipinski definition) is 1. The summed E-state index contributed by atoms with van der Waals surface area (Å²) in [6.45, 7) is 1.64. The van der Waals surface area contributed by atoms with Crippen molar-refractivity contribution < 1.29 is 14.6 Å². The lowest BCUT2D eigenvalue weighted by molar-refractivity contribution is -0.0104. The first-order chi connectivity index (χ1) is 7.36. The van der Waals surface area contributed by atoms with Gasteiger partial charge in [-0.1, -0.05) is 0 Å². The predicted octanol–water partition coefficient (Wildman–Crippen LogP) is 2.00. The molecule has 1 N–H and O–H groups in total. The first kappa shape index (κ1) is 11.0. The van der Waals surface area contributed by atoms with Gasteiger partial charge >= 0.3 is 0 Å². The smallest absolute Gasteiger partial charge is 0.0876 e. The third kappa shape index (κ3) is 3.21. The van der Waals surface area contributed by atoms with E-state index in [0.29, 0.717) is 0 Å². The summed E-state index contributed by atoms with van der Waals surface area (Å²) in [6, 6.07) is 0. The number of aliphatic hydroxyl groups is 1. The number of hydrogen-bond acceptors (Lipinski definition) is 3. The van der Waals surface area contributed by atoms with Crippen molar-refractivity contribution in [2.75, 3.05) is 13.2 Å². The van der Waals surface area contributed by atoms with E-state index in [1.165, 1.54) is 12.8 Å². The van der Waals surface area contributed by atoms with Crippen LogP contribution in [0.25, 0.3) is 0 Å². The topological polar surface area (TPSA) is 38.7 Å². The minimum absolute atomic E-state index is 0.247. The van der Waals surface area contributed by atoms with Crippen molar-refractivity contribution >= 4 is 0 Å². The van der Waals surface area contributed by atoms with Crippen LogP contribution in [-0.4, -0.2) is 30.5 Å². The van der Waals surface area contributed by atoms with Crippen LogP contribution >= 0.6 is 0 Å². The molecule has 2 rings (SSSR count). The summed E-state index contributed by atoms with van der Waals surface area (Å²) >= 11 is 0. The number of ether oxygens (including phenoxy) is 2. The summed E-state index contributed by atoms with van der Waals surface area (Å²) in [4.78, 5) is 0. The van der Waals surface area contributed by atoms with Crippen molar-refractivity contribution in [3.63, 3.8) is 0 Å². The van der Waals surface area contributed by atoms with Gasteiger partial charge in [-0.15, -0.1) is 0 Å². The Labute approximate surface area is 91.1 Å². The fraction of sp³-hybridized carbons (Fsp3) is 0.833. The lowest BCUT2D eigenvalue weighted by atomic mass is 9.96. The fourth-order valence-corrected chi connectivity index (χ4v) is 2.22. The molecule has 0 spiro atoms. The van der Waals surface area contributed by atoms with Crippen LogP contribution in [0, 0.1) is 0 Å². The number of aliphatic hydroxyl groups excluding tert-OH is 1. The molecule has 0 aromatic rings. The van der Waals surface area contributed by atoms with Gasteiger partial charge in [0.25, 0.3) is 0 Å². The maximum atomic E-state index is 10.00. The largest absolute Gasteiger partial charge is 0.501 e. The van der Waals surface area contributed by atoms with Gasteiger partial charge in [-0.2, -0.15) is 0 Å². The third-order valence-corrected chi connectivity index (χ3v) is 3.15. The summed E-state index contributed by atoms with van der Waals surface area (Å²) in [5, 5.41) is 10.00. The van der Waals surface area contributed by atoms with Gasteiger partial charge in [0, 0.05) is 13.0 Å². The Balaban J connectivity index is 1.79. The second kappa shape index (κ2) is 5.52. The SMILES string of the molecule is OC(CC1CCCCO1)C1=COCCC1. The Bertz CT molecular complexity index is 219. The number of rotatable bonds is 3. The molecule has 2 heterocycles. The van der Waals surface area contributed by atoms with Crippen molar-refractivity contribution in [3.8, 4) is 0 Å². The molecule has 3 heteroatoms.